The van der Waals surface area contributed by atoms with E-state index in [1.54, 1.807) is 43.3 Å². The molecule has 3 rings (SSSR count). The van der Waals surface area contributed by atoms with Crippen LogP contribution in [0.15, 0.2) is 71.6 Å². The van der Waals surface area contributed by atoms with Crippen molar-refractivity contribution in [1.82, 2.24) is 10.2 Å². The van der Waals surface area contributed by atoms with Crippen LogP contribution in [0, 0.1) is 27.7 Å². The fourth-order valence-corrected chi connectivity index (χ4v) is 5.71. The van der Waals surface area contributed by atoms with Gasteiger partial charge in [0.1, 0.15) is 12.6 Å². The number of sulfonamides is 1. The highest BCUT2D eigenvalue weighted by Crippen LogP contribution is 2.27. The molecule has 0 radical (unpaired) electrons. The molecule has 0 bridgehead atoms. The summed E-state index contributed by atoms with van der Waals surface area (Å²) in [5, 5.41) is 2.96. The summed E-state index contributed by atoms with van der Waals surface area (Å²) in [5.41, 5.74) is 5.13. The molecule has 0 aliphatic heterocycles. The number of nitrogens with zero attached hydrogens (tertiary/aromatic N) is 2. The molecule has 214 valence electrons. The van der Waals surface area contributed by atoms with Crippen LogP contribution >= 0.6 is 0 Å². The van der Waals surface area contributed by atoms with Crippen LogP contribution in [0.5, 0.6) is 0 Å². The fourth-order valence-electron chi connectivity index (χ4n) is 4.30. The minimum atomic E-state index is -4.09. The van der Waals surface area contributed by atoms with Gasteiger partial charge in [-0.1, -0.05) is 60.5 Å². The van der Waals surface area contributed by atoms with E-state index in [0.29, 0.717) is 5.69 Å². The maximum absolute atomic E-state index is 14.0. The largest absolute Gasteiger partial charge is 0.352 e. The summed E-state index contributed by atoms with van der Waals surface area (Å²) in [4.78, 5) is 28.8. The number of hydrogen-bond donors (Lipinski definition) is 1. The quantitative estimate of drug-likeness (QED) is 0.336. The summed E-state index contributed by atoms with van der Waals surface area (Å²) in [6.45, 7) is 13.0. The van der Waals surface area contributed by atoms with Gasteiger partial charge in [-0.25, -0.2) is 8.42 Å². The maximum atomic E-state index is 14.0. The van der Waals surface area contributed by atoms with E-state index in [9.17, 15) is 18.0 Å². The Kier molecular flexibility index (Phi) is 10.1. The third kappa shape index (κ3) is 7.50. The second kappa shape index (κ2) is 13.1. The van der Waals surface area contributed by atoms with Crippen molar-refractivity contribution in [2.24, 2.45) is 0 Å². The number of amides is 2. The van der Waals surface area contributed by atoms with Crippen LogP contribution in [0.2, 0.25) is 0 Å². The summed E-state index contributed by atoms with van der Waals surface area (Å²) in [7, 11) is -4.09. The Morgan fingerprint density at radius 2 is 1.52 bits per heavy atom. The molecule has 0 fully saturated rings. The van der Waals surface area contributed by atoms with Gasteiger partial charge in [-0.15, -0.1) is 0 Å². The molecule has 0 aliphatic rings. The summed E-state index contributed by atoms with van der Waals surface area (Å²) in [6.07, 6.45) is 0.750. The Morgan fingerprint density at radius 3 is 2.12 bits per heavy atom. The van der Waals surface area contributed by atoms with Crippen molar-refractivity contribution in [2.45, 2.75) is 78.4 Å². The summed E-state index contributed by atoms with van der Waals surface area (Å²) in [5.74, 6) is -0.753. The molecule has 0 saturated heterocycles. The highest BCUT2D eigenvalue weighted by Gasteiger charge is 2.33. The van der Waals surface area contributed by atoms with Gasteiger partial charge in [0, 0.05) is 12.6 Å². The van der Waals surface area contributed by atoms with Crippen molar-refractivity contribution in [3.05, 3.63) is 94.5 Å². The normalized spacial score (nSPS) is 12.9. The topological polar surface area (TPSA) is 86.8 Å². The van der Waals surface area contributed by atoms with Gasteiger partial charge in [0.25, 0.3) is 10.0 Å². The first-order chi connectivity index (χ1) is 18.8. The zero-order chi connectivity index (χ0) is 29.6. The lowest BCUT2D eigenvalue weighted by Crippen LogP contribution is -2.52. The average molecular weight is 564 g/mol. The Hall–Kier alpha value is -3.65. The summed E-state index contributed by atoms with van der Waals surface area (Å²) >= 11 is 0. The smallest absolute Gasteiger partial charge is 0.264 e. The molecule has 2 unspecified atom stereocenters. The molecule has 40 heavy (non-hydrogen) atoms. The van der Waals surface area contributed by atoms with Gasteiger partial charge in [0.2, 0.25) is 11.8 Å². The molecule has 0 spiro atoms. The minimum Gasteiger partial charge on any atom is -0.352 e. The molecule has 1 N–H and O–H groups in total. The molecule has 0 aromatic heterocycles. The lowest BCUT2D eigenvalue weighted by atomic mass is 10.1. The van der Waals surface area contributed by atoms with Crippen LogP contribution in [-0.2, 0) is 26.2 Å². The van der Waals surface area contributed by atoms with Crippen LogP contribution in [0.25, 0.3) is 0 Å². The number of carbonyl (C=O) groups excluding carboxylic acids is 2. The third-order valence-electron chi connectivity index (χ3n) is 7.27. The Bertz CT molecular complexity index is 1450. The van der Waals surface area contributed by atoms with E-state index in [-0.39, 0.29) is 23.4 Å². The Balaban J connectivity index is 2.05. The van der Waals surface area contributed by atoms with Gasteiger partial charge in [-0.05, 0) is 88.9 Å². The van der Waals surface area contributed by atoms with Crippen molar-refractivity contribution in [3.63, 3.8) is 0 Å². The summed E-state index contributed by atoms with van der Waals surface area (Å²) < 4.78 is 29.1. The standard InChI is InChI=1S/C32H41N3O4S/c1-8-26(6)33-32(37)27(7)34(20-28-11-9-10-23(3)18-28)31(36)21-35(29-15-14-24(4)25(5)19-29)40(38,39)30-16-12-22(2)13-17-30/h9-19,26-27H,8,20-21H2,1-7H3,(H,33,37). The zero-order valence-corrected chi connectivity index (χ0v) is 25.4. The van der Waals surface area contributed by atoms with Gasteiger partial charge in [-0.3, -0.25) is 13.9 Å². The van der Waals surface area contributed by atoms with Crippen molar-refractivity contribution in [3.8, 4) is 0 Å². The first-order valence-electron chi connectivity index (χ1n) is 13.7. The second-order valence-electron chi connectivity index (χ2n) is 10.6. The lowest BCUT2D eigenvalue weighted by Gasteiger charge is -2.32. The average Bonchev–Trinajstić information content (AvgIpc) is 2.91. The van der Waals surface area contributed by atoms with E-state index < -0.39 is 28.5 Å². The number of benzene rings is 3. The Labute approximate surface area is 239 Å². The molecule has 0 aliphatic carbocycles. The van der Waals surface area contributed by atoms with Crippen molar-refractivity contribution < 1.29 is 18.0 Å². The van der Waals surface area contributed by atoms with Crippen LogP contribution < -0.4 is 9.62 Å². The fraction of sp³-hybridized carbons (Fsp3) is 0.375. The molecule has 8 heteroatoms. The van der Waals surface area contributed by atoms with Gasteiger partial charge >= 0.3 is 0 Å². The lowest BCUT2D eigenvalue weighted by molar-refractivity contribution is -0.139. The Morgan fingerprint density at radius 1 is 0.850 bits per heavy atom. The van der Waals surface area contributed by atoms with E-state index in [4.69, 9.17) is 0 Å². The molecule has 7 nitrogen and oxygen atoms in total. The number of hydrogen-bond acceptors (Lipinski definition) is 4. The van der Waals surface area contributed by atoms with Crippen LogP contribution in [-0.4, -0.2) is 43.8 Å². The van der Waals surface area contributed by atoms with E-state index in [1.165, 1.54) is 4.90 Å². The van der Waals surface area contributed by atoms with Crippen LogP contribution in [0.3, 0.4) is 0 Å². The van der Waals surface area contributed by atoms with Crippen molar-refractivity contribution >= 4 is 27.5 Å². The van der Waals surface area contributed by atoms with E-state index in [2.05, 4.69) is 5.32 Å². The predicted octanol–water partition coefficient (Wildman–Crippen LogP) is 5.45. The van der Waals surface area contributed by atoms with Gasteiger partial charge in [0.15, 0.2) is 0 Å². The predicted molar refractivity (Wildman–Crippen MR) is 161 cm³/mol. The molecule has 2 atom stereocenters. The molecular formula is C32H41N3O4S. The van der Waals surface area contributed by atoms with Crippen molar-refractivity contribution in [1.29, 1.82) is 0 Å². The number of carbonyl (C=O) groups is 2. The molecule has 0 saturated carbocycles. The first-order valence-corrected chi connectivity index (χ1v) is 15.1. The highest BCUT2D eigenvalue weighted by molar-refractivity contribution is 7.92. The maximum Gasteiger partial charge on any atom is 0.264 e. The number of nitrogens with one attached hydrogen (secondary N) is 1. The molecule has 2 amide bonds. The number of anilines is 1. The van der Waals surface area contributed by atoms with Crippen molar-refractivity contribution in [2.75, 3.05) is 10.8 Å². The van der Waals surface area contributed by atoms with E-state index >= 15 is 0 Å². The van der Waals surface area contributed by atoms with E-state index in [0.717, 1.165) is 38.5 Å². The molecule has 0 heterocycles. The minimum absolute atomic E-state index is 0.0557. The van der Waals surface area contributed by atoms with E-state index in [1.807, 2.05) is 71.9 Å². The molecule has 3 aromatic rings. The second-order valence-corrected chi connectivity index (χ2v) is 12.5. The first kappa shape index (κ1) is 30.9. The van der Waals surface area contributed by atoms with Gasteiger partial charge < -0.3 is 10.2 Å². The number of rotatable bonds is 11. The molecular weight excluding hydrogens is 522 g/mol. The van der Waals surface area contributed by atoms with Gasteiger partial charge in [0.05, 0.1) is 10.6 Å². The van der Waals surface area contributed by atoms with Crippen LogP contribution in [0.4, 0.5) is 5.69 Å². The highest BCUT2D eigenvalue weighted by atomic mass is 32.2. The van der Waals surface area contributed by atoms with Gasteiger partial charge in [-0.2, -0.15) is 0 Å². The zero-order valence-electron chi connectivity index (χ0n) is 24.6. The molecule has 3 aromatic carbocycles. The SMILES string of the molecule is CCC(C)NC(=O)C(C)N(Cc1cccc(C)c1)C(=O)CN(c1ccc(C)c(C)c1)S(=O)(=O)c1ccc(C)cc1. The summed E-state index contributed by atoms with van der Waals surface area (Å²) in [6, 6.07) is 18.8. The van der Waals surface area contributed by atoms with Crippen LogP contribution in [0.1, 0.15) is 55.0 Å². The monoisotopic (exact) mass is 563 g/mol. The third-order valence-corrected chi connectivity index (χ3v) is 9.06. The number of aryl methyl sites for hydroxylation is 4.